The molecule has 0 radical (unpaired) electrons. The van der Waals surface area contributed by atoms with Gasteiger partial charge in [0.1, 0.15) is 0 Å². The maximum Gasteiger partial charge on any atom is 0.0750 e. The molecule has 0 aliphatic heterocycles. The Morgan fingerprint density at radius 3 is 2.80 bits per heavy atom. The summed E-state index contributed by atoms with van der Waals surface area (Å²) in [5.74, 6) is 0. The first-order valence-electron chi connectivity index (χ1n) is 5.44. The Morgan fingerprint density at radius 1 is 1.53 bits per heavy atom. The van der Waals surface area contributed by atoms with Gasteiger partial charge in [-0.15, -0.1) is 0 Å². The van der Waals surface area contributed by atoms with Crippen molar-refractivity contribution in [3.63, 3.8) is 0 Å². The molecule has 0 spiro atoms. The zero-order chi connectivity index (χ0) is 11.3. The third-order valence-electron chi connectivity index (χ3n) is 2.41. The summed E-state index contributed by atoms with van der Waals surface area (Å²) in [7, 11) is 0. The number of thiophene rings is 1. The van der Waals surface area contributed by atoms with E-state index in [2.05, 4.69) is 42.9 Å². The van der Waals surface area contributed by atoms with Gasteiger partial charge in [-0.1, -0.05) is 0 Å². The minimum absolute atomic E-state index is 0.0843. The molecule has 0 amide bonds. The smallest absolute Gasteiger partial charge is 0.0750 e. The summed E-state index contributed by atoms with van der Waals surface area (Å²) >= 11 is 1.74. The van der Waals surface area contributed by atoms with Crippen LogP contribution in [0.1, 0.15) is 39.3 Å². The fourth-order valence-corrected chi connectivity index (χ4v) is 2.23. The topological polar surface area (TPSA) is 21.3 Å². The highest BCUT2D eigenvalue weighted by Gasteiger charge is 2.18. The SMILES string of the molecule is CCOC(C)(C)CNC(C)c1ccsc1. The first-order valence-corrected chi connectivity index (χ1v) is 6.39. The molecule has 1 unspecified atom stereocenters. The minimum atomic E-state index is -0.0843. The molecule has 0 saturated heterocycles. The molecule has 1 heterocycles. The molecule has 1 rings (SSSR count). The molecular weight excluding hydrogens is 206 g/mol. The standard InChI is InChI=1S/C12H21NOS/c1-5-14-12(3,4)9-13-10(2)11-6-7-15-8-11/h6-8,10,13H,5,9H2,1-4H3. The van der Waals surface area contributed by atoms with Gasteiger partial charge in [-0.25, -0.2) is 0 Å². The summed E-state index contributed by atoms with van der Waals surface area (Å²) in [5, 5.41) is 7.79. The van der Waals surface area contributed by atoms with E-state index in [9.17, 15) is 0 Å². The molecule has 1 aromatic heterocycles. The lowest BCUT2D eigenvalue weighted by atomic mass is 10.1. The Morgan fingerprint density at radius 2 is 2.27 bits per heavy atom. The molecule has 0 aliphatic carbocycles. The summed E-state index contributed by atoms with van der Waals surface area (Å²) in [5.41, 5.74) is 1.27. The molecule has 0 bridgehead atoms. The van der Waals surface area contributed by atoms with Crippen molar-refractivity contribution in [1.82, 2.24) is 5.32 Å². The first-order chi connectivity index (χ1) is 7.05. The summed E-state index contributed by atoms with van der Waals surface area (Å²) in [6.45, 7) is 10.1. The molecule has 0 aliphatic rings. The predicted molar refractivity (Wildman–Crippen MR) is 66.4 cm³/mol. The summed E-state index contributed by atoms with van der Waals surface area (Å²) < 4.78 is 5.64. The van der Waals surface area contributed by atoms with Crippen molar-refractivity contribution in [2.45, 2.75) is 39.3 Å². The second-order valence-electron chi connectivity index (χ2n) is 4.35. The molecule has 1 N–H and O–H groups in total. The van der Waals surface area contributed by atoms with Crippen molar-refractivity contribution in [2.75, 3.05) is 13.2 Å². The van der Waals surface area contributed by atoms with Crippen molar-refractivity contribution in [2.24, 2.45) is 0 Å². The number of rotatable bonds is 6. The zero-order valence-corrected chi connectivity index (χ0v) is 10.9. The Hall–Kier alpha value is -0.380. The number of hydrogen-bond donors (Lipinski definition) is 1. The van der Waals surface area contributed by atoms with Gasteiger partial charge in [0.2, 0.25) is 0 Å². The van der Waals surface area contributed by atoms with Crippen LogP contribution < -0.4 is 5.32 Å². The molecule has 86 valence electrons. The van der Waals surface area contributed by atoms with Gasteiger partial charge in [-0.05, 0) is 50.1 Å². The fourth-order valence-electron chi connectivity index (χ4n) is 1.48. The number of nitrogens with one attached hydrogen (secondary N) is 1. The van der Waals surface area contributed by atoms with Crippen LogP contribution in [0.25, 0.3) is 0 Å². The average Bonchev–Trinajstić information content (AvgIpc) is 2.67. The van der Waals surface area contributed by atoms with E-state index in [1.165, 1.54) is 5.56 Å². The van der Waals surface area contributed by atoms with Crippen molar-refractivity contribution in [3.05, 3.63) is 22.4 Å². The second-order valence-corrected chi connectivity index (χ2v) is 5.13. The second kappa shape index (κ2) is 5.64. The van der Waals surface area contributed by atoms with Crippen molar-refractivity contribution < 1.29 is 4.74 Å². The molecule has 2 nitrogen and oxygen atoms in total. The van der Waals surface area contributed by atoms with E-state index in [1.54, 1.807) is 11.3 Å². The quantitative estimate of drug-likeness (QED) is 0.805. The number of hydrogen-bond acceptors (Lipinski definition) is 3. The lowest BCUT2D eigenvalue weighted by molar-refractivity contribution is -0.0103. The fraction of sp³-hybridized carbons (Fsp3) is 0.667. The summed E-state index contributed by atoms with van der Waals surface area (Å²) in [6.07, 6.45) is 0. The van der Waals surface area contributed by atoms with Crippen LogP contribution in [0.5, 0.6) is 0 Å². The molecule has 1 atom stereocenters. The lowest BCUT2D eigenvalue weighted by Gasteiger charge is -2.27. The lowest BCUT2D eigenvalue weighted by Crippen LogP contribution is -2.38. The molecule has 0 fully saturated rings. The molecule has 0 aromatic carbocycles. The van der Waals surface area contributed by atoms with Crippen LogP contribution in [0.3, 0.4) is 0 Å². The van der Waals surface area contributed by atoms with Gasteiger partial charge in [-0.2, -0.15) is 11.3 Å². The van der Waals surface area contributed by atoms with E-state index in [1.807, 2.05) is 6.92 Å². The van der Waals surface area contributed by atoms with Crippen molar-refractivity contribution in [1.29, 1.82) is 0 Å². The van der Waals surface area contributed by atoms with Crippen LogP contribution in [0.15, 0.2) is 16.8 Å². The highest BCUT2D eigenvalue weighted by atomic mass is 32.1. The van der Waals surface area contributed by atoms with Crippen LogP contribution >= 0.6 is 11.3 Å². The van der Waals surface area contributed by atoms with Crippen LogP contribution in [-0.2, 0) is 4.74 Å². The largest absolute Gasteiger partial charge is 0.375 e. The third kappa shape index (κ3) is 4.33. The average molecular weight is 227 g/mol. The van der Waals surface area contributed by atoms with E-state index >= 15 is 0 Å². The zero-order valence-electron chi connectivity index (χ0n) is 10.0. The monoisotopic (exact) mass is 227 g/mol. The molecule has 15 heavy (non-hydrogen) atoms. The van der Waals surface area contributed by atoms with Gasteiger partial charge in [0.15, 0.2) is 0 Å². The van der Waals surface area contributed by atoms with Gasteiger partial charge in [-0.3, -0.25) is 0 Å². The summed E-state index contributed by atoms with van der Waals surface area (Å²) in [4.78, 5) is 0. The highest BCUT2D eigenvalue weighted by molar-refractivity contribution is 7.07. The van der Waals surface area contributed by atoms with E-state index in [0.29, 0.717) is 6.04 Å². The van der Waals surface area contributed by atoms with Crippen molar-refractivity contribution >= 4 is 11.3 Å². The molecule has 0 saturated carbocycles. The molecule has 1 aromatic rings. The van der Waals surface area contributed by atoms with Gasteiger partial charge >= 0.3 is 0 Å². The van der Waals surface area contributed by atoms with E-state index in [0.717, 1.165) is 13.2 Å². The van der Waals surface area contributed by atoms with E-state index in [4.69, 9.17) is 4.74 Å². The van der Waals surface area contributed by atoms with Crippen LogP contribution in [0.4, 0.5) is 0 Å². The highest BCUT2D eigenvalue weighted by Crippen LogP contribution is 2.17. The third-order valence-corrected chi connectivity index (χ3v) is 3.11. The van der Waals surface area contributed by atoms with Crippen LogP contribution in [0, 0.1) is 0 Å². The Kier molecular flexibility index (Phi) is 4.77. The normalized spacial score (nSPS) is 14.1. The first kappa shape index (κ1) is 12.7. The van der Waals surface area contributed by atoms with Crippen LogP contribution in [0.2, 0.25) is 0 Å². The van der Waals surface area contributed by atoms with Gasteiger partial charge < -0.3 is 10.1 Å². The van der Waals surface area contributed by atoms with Gasteiger partial charge in [0, 0.05) is 19.2 Å². The Balaban J connectivity index is 2.37. The Bertz CT molecular complexity index is 269. The maximum absolute atomic E-state index is 5.64. The minimum Gasteiger partial charge on any atom is -0.375 e. The maximum atomic E-state index is 5.64. The molecular formula is C12H21NOS. The van der Waals surface area contributed by atoms with Crippen LogP contribution in [-0.4, -0.2) is 18.8 Å². The summed E-state index contributed by atoms with van der Waals surface area (Å²) in [6, 6.07) is 2.56. The molecule has 3 heteroatoms. The van der Waals surface area contributed by atoms with Gasteiger partial charge in [0.25, 0.3) is 0 Å². The Labute approximate surface area is 96.7 Å². The van der Waals surface area contributed by atoms with Crippen molar-refractivity contribution in [3.8, 4) is 0 Å². The van der Waals surface area contributed by atoms with E-state index in [-0.39, 0.29) is 5.60 Å². The predicted octanol–water partition coefficient (Wildman–Crippen LogP) is 3.21. The van der Waals surface area contributed by atoms with E-state index < -0.39 is 0 Å². The number of ether oxygens (including phenoxy) is 1. The van der Waals surface area contributed by atoms with Gasteiger partial charge in [0.05, 0.1) is 5.60 Å².